The zero-order valence-corrected chi connectivity index (χ0v) is 11.0. The minimum absolute atomic E-state index is 0.103. The van der Waals surface area contributed by atoms with Crippen molar-refractivity contribution in [3.63, 3.8) is 0 Å². The van der Waals surface area contributed by atoms with Gasteiger partial charge in [-0.3, -0.25) is 10.1 Å². The summed E-state index contributed by atoms with van der Waals surface area (Å²) in [5.41, 5.74) is -1.28. The van der Waals surface area contributed by atoms with Gasteiger partial charge in [0.05, 0.1) is 12.7 Å². The Labute approximate surface area is 115 Å². The van der Waals surface area contributed by atoms with Gasteiger partial charge in [0.25, 0.3) is 0 Å². The Kier molecular flexibility index (Phi) is 3.11. The van der Waals surface area contributed by atoms with Crippen LogP contribution in [0.25, 0.3) is 0 Å². The first-order valence-electron chi connectivity index (χ1n) is 6.76. The molecular weight excluding hydrogens is 268 g/mol. The van der Waals surface area contributed by atoms with Crippen molar-refractivity contribution in [2.75, 3.05) is 6.61 Å². The number of fused-ring (bicyclic) bond motifs is 1. The zero-order valence-electron chi connectivity index (χ0n) is 11.0. The van der Waals surface area contributed by atoms with Crippen LogP contribution in [0.5, 0.6) is 0 Å². The lowest BCUT2D eigenvalue weighted by atomic mass is 9.68. The number of ether oxygens (including phenoxy) is 2. The standard InChI is InChI=1S/C12H18N2O6/c1-2-19-10(17)7-8-12(20-11(18)14-8)4-5(15)3-6(13-7)9(12)16/h5-9,13,15-16H,2-4H2,1H3,(H,14,18)/t5-,6-,7-,8+,9+,12+/m1/s1. The molecule has 0 radical (unpaired) electrons. The number of amides is 1. The normalized spacial score (nSPS) is 46.1. The lowest BCUT2D eigenvalue weighted by molar-refractivity contribution is -0.175. The van der Waals surface area contributed by atoms with E-state index in [1.165, 1.54) is 0 Å². The highest BCUT2D eigenvalue weighted by atomic mass is 16.6. The summed E-state index contributed by atoms with van der Waals surface area (Å²) in [5.74, 6) is -0.499. The number of aliphatic hydroxyl groups is 2. The van der Waals surface area contributed by atoms with E-state index in [0.29, 0.717) is 6.42 Å². The van der Waals surface area contributed by atoms with Crippen molar-refractivity contribution in [3.8, 4) is 0 Å². The van der Waals surface area contributed by atoms with Crippen LogP contribution >= 0.6 is 0 Å². The summed E-state index contributed by atoms with van der Waals surface area (Å²) in [6, 6.07) is -2.06. The van der Waals surface area contributed by atoms with Gasteiger partial charge in [0.2, 0.25) is 0 Å². The maximum atomic E-state index is 12.0. The van der Waals surface area contributed by atoms with Crippen molar-refractivity contribution in [2.24, 2.45) is 0 Å². The number of nitrogens with one attached hydrogen (secondary N) is 2. The van der Waals surface area contributed by atoms with Gasteiger partial charge in [-0.25, -0.2) is 4.79 Å². The lowest BCUT2D eigenvalue weighted by Crippen LogP contribution is -2.77. The maximum absolute atomic E-state index is 12.0. The summed E-state index contributed by atoms with van der Waals surface area (Å²) in [5, 5.41) is 25.8. The minimum Gasteiger partial charge on any atom is -0.465 e. The lowest BCUT2D eigenvalue weighted by Gasteiger charge is -2.52. The highest BCUT2D eigenvalue weighted by Gasteiger charge is 2.66. The first kappa shape index (κ1) is 13.6. The number of alkyl carbamates (subject to hydrolysis) is 1. The molecule has 2 saturated heterocycles. The third-order valence-electron chi connectivity index (χ3n) is 4.31. The van der Waals surface area contributed by atoms with Gasteiger partial charge >= 0.3 is 12.1 Å². The van der Waals surface area contributed by atoms with E-state index in [-0.39, 0.29) is 13.0 Å². The van der Waals surface area contributed by atoms with Crippen LogP contribution in [0.15, 0.2) is 0 Å². The van der Waals surface area contributed by atoms with Crippen molar-refractivity contribution < 1.29 is 29.3 Å². The van der Waals surface area contributed by atoms with Crippen molar-refractivity contribution in [3.05, 3.63) is 0 Å². The molecule has 6 atom stereocenters. The molecule has 112 valence electrons. The Bertz CT molecular complexity index is 444. The third kappa shape index (κ3) is 1.79. The largest absolute Gasteiger partial charge is 0.465 e. The summed E-state index contributed by atoms with van der Waals surface area (Å²) < 4.78 is 10.3. The predicted molar refractivity (Wildman–Crippen MR) is 64.7 cm³/mol. The van der Waals surface area contributed by atoms with Crippen molar-refractivity contribution in [2.45, 2.75) is 55.7 Å². The van der Waals surface area contributed by atoms with Crippen LogP contribution in [0.4, 0.5) is 4.79 Å². The highest BCUT2D eigenvalue weighted by Crippen LogP contribution is 2.43. The van der Waals surface area contributed by atoms with E-state index in [0.717, 1.165) is 0 Å². The Morgan fingerprint density at radius 1 is 1.55 bits per heavy atom. The second kappa shape index (κ2) is 4.57. The fourth-order valence-electron chi connectivity index (χ4n) is 3.55. The van der Waals surface area contributed by atoms with E-state index >= 15 is 0 Å². The molecule has 2 bridgehead atoms. The van der Waals surface area contributed by atoms with Crippen LogP contribution in [0.2, 0.25) is 0 Å². The number of carbonyl (C=O) groups is 2. The summed E-state index contributed by atoms with van der Waals surface area (Å²) in [6.07, 6.45) is -1.97. The molecule has 1 amide bonds. The summed E-state index contributed by atoms with van der Waals surface area (Å²) >= 11 is 0. The summed E-state index contributed by atoms with van der Waals surface area (Å²) in [7, 11) is 0. The SMILES string of the molecule is CCOC(=O)[C@@H]1N[C@@H]2C[C@@H](O)C[C@@]3(OC(=O)N[C@@H]13)[C@H]2O. The van der Waals surface area contributed by atoms with Gasteiger partial charge in [0, 0.05) is 12.5 Å². The monoisotopic (exact) mass is 286 g/mol. The molecule has 1 spiro atoms. The molecule has 0 aromatic rings. The van der Waals surface area contributed by atoms with Crippen LogP contribution in [-0.4, -0.2) is 64.8 Å². The number of piperidine rings is 1. The van der Waals surface area contributed by atoms with E-state index in [1.807, 2.05) is 0 Å². The van der Waals surface area contributed by atoms with Crippen LogP contribution in [0.3, 0.4) is 0 Å². The second-order valence-corrected chi connectivity index (χ2v) is 5.51. The van der Waals surface area contributed by atoms with Crippen LogP contribution in [-0.2, 0) is 14.3 Å². The summed E-state index contributed by atoms with van der Waals surface area (Å²) in [6.45, 7) is 1.92. The van der Waals surface area contributed by atoms with Crippen LogP contribution in [0.1, 0.15) is 19.8 Å². The van der Waals surface area contributed by atoms with E-state index in [9.17, 15) is 19.8 Å². The third-order valence-corrected chi connectivity index (χ3v) is 4.31. The molecule has 2 aliphatic heterocycles. The zero-order chi connectivity index (χ0) is 14.5. The molecule has 1 aliphatic carbocycles. The number of esters is 1. The van der Waals surface area contributed by atoms with Gasteiger partial charge in [-0.2, -0.15) is 0 Å². The number of hydrogen-bond donors (Lipinski definition) is 4. The first-order valence-corrected chi connectivity index (χ1v) is 6.76. The predicted octanol–water partition coefficient (Wildman–Crippen LogP) is -1.75. The number of rotatable bonds is 2. The molecule has 0 aromatic carbocycles. The summed E-state index contributed by atoms with van der Waals surface area (Å²) in [4.78, 5) is 23.6. The molecule has 0 aromatic heterocycles. The van der Waals surface area contributed by atoms with Gasteiger partial charge in [-0.05, 0) is 13.3 Å². The second-order valence-electron chi connectivity index (χ2n) is 5.51. The van der Waals surface area contributed by atoms with Gasteiger partial charge < -0.3 is 25.0 Å². The Morgan fingerprint density at radius 3 is 3.00 bits per heavy atom. The van der Waals surface area contributed by atoms with Crippen molar-refractivity contribution in [1.82, 2.24) is 10.6 Å². The van der Waals surface area contributed by atoms with Gasteiger partial charge in [-0.15, -0.1) is 0 Å². The molecule has 2 heterocycles. The maximum Gasteiger partial charge on any atom is 0.408 e. The topological polar surface area (TPSA) is 117 Å². The van der Waals surface area contributed by atoms with Crippen molar-refractivity contribution >= 4 is 12.1 Å². The molecule has 8 nitrogen and oxygen atoms in total. The molecule has 3 fully saturated rings. The fourth-order valence-corrected chi connectivity index (χ4v) is 3.55. The number of carbonyl (C=O) groups excluding carboxylic acids is 2. The fraction of sp³-hybridized carbons (Fsp3) is 0.833. The van der Waals surface area contributed by atoms with Gasteiger partial charge in [-0.1, -0.05) is 0 Å². The smallest absolute Gasteiger partial charge is 0.408 e. The average Bonchev–Trinajstić information content (AvgIpc) is 2.68. The highest BCUT2D eigenvalue weighted by molar-refractivity contribution is 5.81. The minimum atomic E-state index is -1.28. The molecule has 3 aliphatic rings. The van der Waals surface area contributed by atoms with Crippen LogP contribution < -0.4 is 10.6 Å². The molecule has 0 unspecified atom stereocenters. The molecule has 3 rings (SSSR count). The molecule has 20 heavy (non-hydrogen) atoms. The average molecular weight is 286 g/mol. The van der Waals surface area contributed by atoms with E-state index in [1.54, 1.807) is 6.92 Å². The van der Waals surface area contributed by atoms with E-state index in [4.69, 9.17) is 9.47 Å². The van der Waals surface area contributed by atoms with Crippen molar-refractivity contribution in [1.29, 1.82) is 0 Å². The molecule has 1 saturated carbocycles. The first-order chi connectivity index (χ1) is 9.48. The quantitative estimate of drug-likeness (QED) is 0.445. The Hall–Kier alpha value is -1.38. The molecular formula is C12H18N2O6. The van der Waals surface area contributed by atoms with Crippen LogP contribution in [0, 0.1) is 0 Å². The molecule has 4 N–H and O–H groups in total. The van der Waals surface area contributed by atoms with E-state index < -0.39 is 48.0 Å². The van der Waals surface area contributed by atoms with Gasteiger partial charge in [0.15, 0.2) is 5.60 Å². The molecule has 8 heteroatoms. The number of aliphatic hydroxyl groups excluding tert-OH is 2. The van der Waals surface area contributed by atoms with Gasteiger partial charge in [0.1, 0.15) is 18.2 Å². The Balaban J connectivity index is 1.95. The number of hydrogen-bond acceptors (Lipinski definition) is 7. The van der Waals surface area contributed by atoms with E-state index in [2.05, 4.69) is 10.6 Å². The Morgan fingerprint density at radius 2 is 2.30 bits per heavy atom.